The van der Waals surface area contributed by atoms with E-state index in [-0.39, 0.29) is 11.9 Å². The highest BCUT2D eigenvalue weighted by Crippen LogP contribution is 2.37. The molecule has 1 unspecified atom stereocenters. The Kier molecular flexibility index (Phi) is 3.44. The maximum absolute atomic E-state index is 11.6. The fourth-order valence-electron chi connectivity index (χ4n) is 2.13. The van der Waals surface area contributed by atoms with Gasteiger partial charge in [0.25, 0.3) is 0 Å². The summed E-state index contributed by atoms with van der Waals surface area (Å²) in [6.45, 7) is 7.39. The van der Waals surface area contributed by atoms with Gasteiger partial charge >= 0.3 is 5.97 Å². The molecule has 15 heavy (non-hydrogen) atoms. The van der Waals surface area contributed by atoms with Crippen LogP contribution in [0, 0.1) is 5.92 Å². The van der Waals surface area contributed by atoms with E-state index in [1.54, 1.807) is 0 Å². The lowest BCUT2D eigenvalue weighted by atomic mass is 9.90. The highest BCUT2D eigenvalue weighted by molar-refractivity contribution is 5.70. The zero-order chi connectivity index (χ0) is 11.7. The van der Waals surface area contributed by atoms with Gasteiger partial charge in [0.1, 0.15) is 5.60 Å². The summed E-state index contributed by atoms with van der Waals surface area (Å²) in [7, 11) is 0. The molecular weight excluding hydrogens is 192 g/mol. The van der Waals surface area contributed by atoms with Gasteiger partial charge in [-0.1, -0.05) is 6.42 Å². The highest BCUT2D eigenvalue weighted by Gasteiger charge is 2.38. The molecule has 0 aromatic rings. The molecule has 1 rings (SSSR count). The fourth-order valence-corrected chi connectivity index (χ4v) is 2.13. The molecule has 1 fully saturated rings. The zero-order valence-corrected chi connectivity index (χ0v) is 10.2. The van der Waals surface area contributed by atoms with Gasteiger partial charge in [-0.05, 0) is 46.5 Å². The fraction of sp³-hybridized carbons (Fsp3) is 0.917. The Hall–Kier alpha value is -0.570. The van der Waals surface area contributed by atoms with E-state index in [1.165, 1.54) is 0 Å². The Morgan fingerprint density at radius 3 is 2.53 bits per heavy atom. The number of hydrogen-bond acceptors (Lipinski definition) is 3. The van der Waals surface area contributed by atoms with Crippen LogP contribution in [0.1, 0.15) is 53.4 Å². The first-order valence-corrected chi connectivity index (χ1v) is 5.65. The van der Waals surface area contributed by atoms with Crippen molar-refractivity contribution in [1.82, 2.24) is 0 Å². The predicted octanol–water partition coefficient (Wildman–Crippen LogP) is 2.27. The lowest BCUT2D eigenvalue weighted by Gasteiger charge is -2.26. The summed E-state index contributed by atoms with van der Waals surface area (Å²) in [5.74, 6) is -0.137. The molecule has 0 aromatic carbocycles. The van der Waals surface area contributed by atoms with Gasteiger partial charge in [-0.25, -0.2) is 0 Å². The quantitative estimate of drug-likeness (QED) is 0.717. The highest BCUT2D eigenvalue weighted by atomic mass is 16.6. The summed E-state index contributed by atoms with van der Waals surface area (Å²) in [5.41, 5.74) is -1.11. The molecule has 2 atom stereocenters. The molecule has 88 valence electrons. The number of carbonyl (C=O) groups is 1. The van der Waals surface area contributed by atoms with Crippen LogP contribution in [0.15, 0.2) is 0 Å². The van der Waals surface area contributed by atoms with E-state index >= 15 is 0 Å². The zero-order valence-electron chi connectivity index (χ0n) is 10.2. The smallest absolute Gasteiger partial charge is 0.306 e. The lowest BCUT2D eigenvalue weighted by molar-refractivity contribution is -0.157. The molecule has 1 N–H and O–H groups in total. The van der Waals surface area contributed by atoms with Gasteiger partial charge in [0.15, 0.2) is 0 Å². The molecule has 0 radical (unpaired) electrons. The Balaban J connectivity index is 2.45. The first-order valence-electron chi connectivity index (χ1n) is 5.65. The summed E-state index contributed by atoms with van der Waals surface area (Å²) in [5, 5.41) is 9.99. The second-order valence-corrected chi connectivity index (χ2v) is 5.74. The number of rotatable bonds is 2. The standard InChI is InChI=1S/C12H22O3/c1-11(2,3)15-10(13)8-9-6-5-7-12(9,4)14/h9,14H,5-8H2,1-4H3/t9-,12?/m1/s1. The van der Waals surface area contributed by atoms with Gasteiger partial charge in [-0.2, -0.15) is 0 Å². The van der Waals surface area contributed by atoms with Crippen LogP contribution in [0.25, 0.3) is 0 Å². The van der Waals surface area contributed by atoms with Crippen molar-refractivity contribution in [3.8, 4) is 0 Å². The number of ether oxygens (including phenoxy) is 1. The minimum atomic E-state index is -0.684. The van der Waals surface area contributed by atoms with E-state index in [1.807, 2.05) is 27.7 Å². The van der Waals surface area contributed by atoms with E-state index in [0.29, 0.717) is 6.42 Å². The molecule has 0 bridgehead atoms. The third kappa shape index (κ3) is 3.82. The van der Waals surface area contributed by atoms with Gasteiger partial charge in [0.05, 0.1) is 12.0 Å². The summed E-state index contributed by atoms with van der Waals surface area (Å²) in [6, 6.07) is 0. The van der Waals surface area contributed by atoms with Crippen molar-refractivity contribution in [2.45, 2.75) is 64.6 Å². The van der Waals surface area contributed by atoms with Crippen LogP contribution in [0.4, 0.5) is 0 Å². The number of aliphatic hydroxyl groups is 1. The van der Waals surface area contributed by atoms with Crippen molar-refractivity contribution < 1.29 is 14.6 Å². The molecule has 1 aliphatic rings. The molecule has 0 saturated heterocycles. The van der Waals surface area contributed by atoms with Gasteiger partial charge in [0, 0.05) is 0 Å². The summed E-state index contributed by atoms with van der Waals surface area (Å²) >= 11 is 0. The number of carbonyl (C=O) groups excluding carboxylic acids is 1. The average Bonchev–Trinajstić information content (AvgIpc) is 2.26. The summed E-state index contributed by atoms with van der Waals surface area (Å²) in [6.07, 6.45) is 3.05. The Morgan fingerprint density at radius 1 is 1.53 bits per heavy atom. The number of esters is 1. The first-order chi connectivity index (χ1) is 6.71. The summed E-state index contributed by atoms with van der Waals surface area (Å²) in [4.78, 5) is 11.6. The molecule has 0 amide bonds. The Bertz CT molecular complexity index is 238. The van der Waals surface area contributed by atoms with Crippen molar-refractivity contribution in [3.05, 3.63) is 0 Å². The predicted molar refractivity (Wildman–Crippen MR) is 58.4 cm³/mol. The third-order valence-corrected chi connectivity index (χ3v) is 2.95. The van der Waals surface area contributed by atoms with Crippen molar-refractivity contribution >= 4 is 5.97 Å². The van der Waals surface area contributed by atoms with Gasteiger partial charge < -0.3 is 9.84 Å². The maximum Gasteiger partial charge on any atom is 0.306 e. The largest absolute Gasteiger partial charge is 0.460 e. The monoisotopic (exact) mass is 214 g/mol. The molecule has 1 saturated carbocycles. The van der Waals surface area contributed by atoms with Gasteiger partial charge in [-0.3, -0.25) is 4.79 Å². The average molecular weight is 214 g/mol. The maximum atomic E-state index is 11.6. The van der Waals surface area contributed by atoms with Crippen LogP contribution >= 0.6 is 0 Å². The topological polar surface area (TPSA) is 46.5 Å². The van der Waals surface area contributed by atoms with Crippen LogP contribution in [0.5, 0.6) is 0 Å². The van der Waals surface area contributed by atoms with E-state index < -0.39 is 11.2 Å². The van der Waals surface area contributed by atoms with Gasteiger partial charge in [-0.15, -0.1) is 0 Å². The van der Waals surface area contributed by atoms with Crippen molar-refractivity contribution in [2.24, 2.45) is 5.92 Å². The molecule has 0 aromatic heterocycles. The van der Waals surface area contributed by atoms with Crippen LogP contribution in [-0.4, -0.2) is 22.3 Å². The van der Waals surface area contributed by atoms with Gasteiger partial charge in [0.2, 0.25) is 0 Å². The van der Waals surface area contributed by atoms with Crippen LogP contribution in [-0.2, 0) is 9.53 Å². The normalized spacial score (nSPS) is 31.7. The number of hydrogen-bond donors (Lipinski definition) is 1. The molecule has 1 aliphatic carbocycles. The molecule has 0 aliphatic heterocycles. The van der Waals surface area contributed by atoms with Crippen LogP contribution in [0.2, 0.25) is 0 Å². The second kappa shape index (κ2) is 4.12. The minimum absolute atomic E-state index is 0.0624. The molecular formula is C12H22O3. The molecule has 0 spiro atoms. The molecule has 0 heterocycles. The van der Waals surface area contributed by atoms with Crippen molar-refractivity contribution in [2.75, 3.05) is 0 Å². The summed E-state index contributed by atoms with van der Waals surface area (Å²) < 4.78 is 5.24. The minimum Gasteiger partial charge on any atom is -0.460 e. The van der Waals surface area contributed by atoms with Crippen molar-refractivity contribution in [1.29, 1.82) is 0 Å². The van der Waals surface area contributed by atoms with E-state index in [2.05, 4.69) is 0 Å². The first kappa shape index (κ1) is 12.5. The van der Waals surface area contributed by atoms with Crippen molar-refractivity contribution in [3.63, 3.8) is 0 Å². The Morgan fingerprint density at radius 2 is 2.13 bits per heavy atom. The molecule has 3 heteroatoms. The van der Waals surface area contributed by atoms with E-state index in [4.69, 9.17) is 4.74 Å². The van der Waals surface area contributed by atoms with E-state index in [9.17, 15) is 9.90 Å². The SMILES string of the molecule is CC(C)(C)OC(=O)C[C@H]1CCCC1(C)O. The second-order valence-electron chi connectivity index (χ2n) is 5.74. The third-order valence-electron chi connectivity index (χ3n) is 2.95. The van der Waals surface area contributed by atoms with Crippen LogP contribution in [0.3, 0.4) is 0 Å². The lowest BCUT2D eigenvalue weighted by Crippen LogP contribution is -2.33. The van der Waals surface area contributed by atoms with Crippen LogP contribution < -0.4 is 0 Å². The Labute approximate surface area is 91.8 Å². The van der Waals surface area contributed by atoms with E-state index in [0.717, 1.165) is 19.3 Å². The molecule has 3 nitrogen and oxygen atoms in total.